The number of aromatic nitrogens is 2. The normalized spacial score (nSPS) is 10.2. The van der Waals surface area contributed by atoms with Gasteiger partial charge in [-0.25, -0.2) is 5.84 Å². The number of anilines is 2. The molecule has 0 fully saturated rings. The predicted molar refractivity (Wildman–Crippen MR) is 46.4 cm³/mol. The number of hydrogen-bond acceptors (Lipinski definition) is 5. The van der Waals surface area contributed by atoms with Crippen molar-refractivity contribution in [2.75, 3.05) is 31.0 Å². The number of nitrogens with two attached hydrogens (primary N) is 2. The summed E-state index contributed by atoms with van der Waals surface area (Å²) in [5, 5.41) is 7.91. The third-order valence-electron chi connectivity index (χ3n) is 1.43. The molecule has 0 bridgehead atoms. The molecule has 5 N–H and O–H groups in total. The fourth-order valence-electron chi connectivity index (χ4n) is 0.784. The summed E-state index contributed by atoms with van der Waals surface area (Å²) < 4.78 is 4.85. The van der Waals surface area contributed by atoms with E-state index in [2.05, 4.69) is 10.2 Å². The molecular weight excluding hydrogens is 158 g/mol. The summed E-state index contributed by atoms with van der Waals surface area (Å²) >= 11 is 0. The number of methoxy groups -OCH3 is 1. The lowest BCUT2D eigenvalue weighted by Crippen LogP contribution is -2.34. The molecule has 1 heterocycles. The largest absolute Gasteiger partial charge is 0.383 e. The Kier molecular flexibility index (Phi) is 2.89. The lowest BCUT2D eigenvalue weighted by Gasteiger charge is -2.14. The lowest BCUT2D eigenvalue weighted by atomic mass is 10.5. The first-order valence-electron chi connectivity index (χ1n) is 3.56. The van der Waals surface area contributed by atoms with Gasteiger partial charge in [-0.2, -0.15) is 5.10 Å². The Labute approximate surface area is 70.4 Å². The molecule has 1 aromatic rings. The quantitative estimate of drug-likeness (QED) is 0.412. The van der Waals surface area contributed by atoms with Crippen molar-refractivity contribution in [3.8, 4) is 0 Å². The summed E-state index contributed by atoms with van der Waals surface area (Å²) in [6.07, 6.45) is 0. The molecule has 6 nitrogen and oxygen atoms in total. The highest BCUT2D eigenvalue weighted by Crippen LogP contribution is 2.08. The van der Waals surface area contributed by atoms with E-state index in [0.717, 1.165) is 0 Å². The Bertz CT molecular complexity index is 236. The summed E-state index contributed by atoms with van der Waals surface area (Å²) in [5.74, 6) is 6.73. The molecule has 1 rings (SSSR count). The average Bonchev–Trinajstić information content (AvgIpc) is 2.47. The molecule has 68 valence electrons. The maximum atomic E-state index is 5.62. The van der Waals surface area contributed by atoms with Gasteiger partial charge in [0.1, 0.15) is 11.6 Å². The lowest BCUT2D eigenvalue weighted by molar-refractivity contribution is 0.205. The number of aromatic amines is 1. The molecule has 0 radical (unpaired) electrons. The number of hydrogen-bond donors (Lipinski definition) is 3. The van der Waals surface area contributed by atoms with E-state index < -0.39 is 0 Å². The molecular formula is C6H13N5O. The molecule has 0 saturated carbocycles. The maximum Gasteiger partial charge on any atom is 0.147 e. The van der Waals surface area contributed by atoms with Crippen molar-refractivity contribution in [1.82, 2.24) is 10.2 Å². The standard InChI is InChI=1S/C6H13N5O/c1-12-3-2-11(8)6-4-5(7)9-10-6/h4H,2-3,8H2,1H3,(H3,7,9,10). The number of nitrogen functional groups attached to an aromatic ring is 1. The molecule has 6 heteroatoms. The molecule has 0 atom stereocenters. The first kappa shape index (κ1) is 8.82. The molecule has 1 aromatic heterocycles. The Morgan fingerprint density at radius 1 is 1.75 bits per heavy atom. The van der Waals surface area contributed by atoms with Gasteiger partial charge in [-0.05, 0) is 0 Å². The second kappa shape index (κ2) is 3.93. The minimum atomic E-state index is 0.429. The summed E-state index contributed by atoms with van der Waals surface area (Å²) in [4.78, 5) is 0. The maximum absolute atomic E-state index is 5.62. The number of nitrogens with zero attached hydrogens (tertiary/aromatic N) is 2. The van der Waals surface area contributed by atoms with E-state index in [1.807, 2.05) is 0 Å². The van der Waals surface area contributed by atoms with Gasteiger partial charge in [0, 0.05) is 13.2 Å². The van der Waals surface area contributed by atoms with Crippen molar-refractivity contribution in [1.29, 1.82) is 0 Å². The molecule has 0 aliphatic carbocycles. The Hall–Kier alpha value is -1.27. The molecule has 0 aliphatic rings. The number of ether oxygens (including phenoxy) is 1. The highest BCUT2D eigenvalue weighted by atomic mass is 16.5. The minimum Gasteiger partial charge on any atom is -0.383 e. The number of H-pyrrole nitrogens is 1. The predicted octanol–water partition coefficient (Wildman–Crippen LogP) is -0.682. The average molecular weight is 171 g/mol. The fraction of sp³-hybridized carbons (Fsp3) is 0.500. The first-order valence-corrected chi connectivity index (χ1v) is 3.56. The van der Waals surface area contributed by atoms with Crippen LogP contribution < -0.4 is 16.6 Å². The van der Waals surface area contributed by atoms with Gasteiger partial charge in [0.05, 0.1) is 13.2 Å². The zero-order valence-electron chi connectivity index (χ0n) is 6.95. The summed E-state index contributed by atoms with van der Waals surface area (Å²) in [6.45, 7) is 1.16. The van der Waals surface area contributed by atoms with Gasteiger partial charge in [0.15, 0.2) is 0 Å². The van der Waals surface area contributed by atoms with Gasteiger partial charge >= 0.3 is 0 Å². The zero-order chi connectivity index (χ0) is 8.97. The van der Waals surface area contributed by atoms with Crippen LogP contribution in [0.4, 0.5) is 11.6 Å². The summed E-state index contributed by atoms with van der Waals surface area (Å²) in [6, 6.07) is 1.66. The molecule has 0 aromatic carbocycles. The van der Waals surface area contributed by atoms with Crippen LogP contribution in [0.1, 0.15) is 0 Å². The van der Waals surface area contributed by atoms with Gasteiger partial charge in [-0.1, -0.05) is 0 Å². The van der Waals surface area contributed by atoms with Gasteiger partial charge in [-0.15, -0.1) is 0 Å². The second-order valence-electron chi connectivity index (χ2n) is 2.36. The van der Waals surface area contributed by atoms with E-state index in [1.54, 1.807) is 13.2 Å². The smallest absolute Gasteiger partial charge is 0.147 e. The van der Waals surface area contributed by atoms with Gasteiger partial charge < -0.3 is 10.5 Å². The zero-order valence-corrected chi connectivity index (χ0v) is 6.95. The van der Waals surface area contributed by atoms with Crippen LogP contribution in [0, 0.1) is 0 Å². The molecule has 0 spiro atoms. The molecule has 0 amide bonds. The number of rotatable bonds is 4. The van der Waals surface area contributed by atoms with Gasteiger partial charge in [0.25, 0.3) is 0 Å². The number of hydrazine groups is 1. The third kappa shape index (κ3) is 2.11. The summed E-state index contributed by atoms with van der Waals surface area (Å²) in [5.41, 5.74) is 5.39. The number of nitrogens with one attached hydrogen (secondary N) is 1. The van der Waals surface area contributed by atoms with Gasteiger partial charge in [-0.3, -0.25) is 10.1 Å². The highest BCUT2D eigenvalue weighted by Gasteiger charge is 2.03. The first-order chi connectivity index (χ1) is 5.74. The summed E-state index contributed by atoms with van der Waals surface area (Å²) in [7, 11) is 1.62. The Morgan fingerprint density at radius 2 is 2.50 bits per heavy atom. The molecule has 12 heavy (non-hydrogen) atoms. The Balaban J connectivity index is 2.47. The van der Waals surface area contributed by atoms with Crippen molar-refractivity contribution < 1.29 is 4.74 Å². The SMILES string of the molecule is COCCN(N)c1cc(N)n[nH]1. The third-order valence-corrected chi connectivity index (χ3v) is 1.43. The molecule has 0 aliphatic heterocycles. The van der Waals surface area contributed by atoms with Crippen LogP contribution >= 0.6 is 0 Å². The van der Waals surface area contributed by atoms with Crippen LogP contribution in [-0.4, -0.2) is 30.5 Å². The van der Waals surface area contributed by atoms with E-state index in [9.17, 15) is 0 Å². The van der Waals surface area contributed by atoms with E-state index in [4.69, 9.17) is 16.3 Å². The van der Waals surface area contributed by atoms with Crippen molar-refractivity contribution in [3.63, 3.8) is 0 Å². The van der Waals surface area contributed by atoms with Crippen LogP contribution in [-0.2, 0) is 4.74 Å². The van der Waals surface area contributed by atoms with Crippen LogP contribution in [0.5, 0.6) is 0 Å². The molecule has 0 unspecified atom stereocenters. The monoisotopic (exact) mass is 171 g/mol. The van der Waals surface area contributed by atoms with Gasteiger partial charge in [0.2, 0.25) is 0 Å². The fourth-order valence-corrected chi connectivity index (χ4v) is 0.784. The van der Waals surface area contributed by atoms with Crippen molar-refractivity contribution in [2.45, 2.75) is 0 Å². The van der Waals surface area contributed by atoms with Crippen LogP contribution in [0.15, 0.2) is 6.07 Å². The van der Waals surface area contributed by atoms with E-state index >= 15 is 0 Å². The Morgan fingerprint density at radius 3 is 3.00 bits per heavy atom. The van der Waals surface area contributed by atoms with Crippen LogP contribution in [0.2, 0.25) is 0 Å². The van der Waals surface area contributed by atoms with E-state index in [-0.39, 0.29) is 0 Å². The van der Waals surface area contributed by atoms with E-state index in [0.29, 0.717) is 24.8 Å². The van der Waals surface area contributed by atoms with Crippen molar-refractivity contribution >= 4 is 11.6 Å². The van der Waals surface area contributed by atoms with Crippen LogP contribution in [0.25, 0.3) is 0 Å². The molecule has 0 saturated heterocycles. The van der Waals surface area contributed by atoms with E-state index in [1.165, 1.54) is 5.01 Å². The van der Waals surface area contributed by atoms with Crippen molar-refractivity contribution in [3.05, 3.63) is 6.07 Å². The minimum absolute atomic E-state index is 0.429. The van der Waals surface area contributed by atoms with Crippen molar-refractivity contribution in [2.24, 2.45) is 5.84 Å². The highest BCUT2D eigenvalue weighted by molar-refractivity contribution is 5.45. The topological polar surface area (TPSA) is 93.2 Å². The van der Waals surface area contributed by atoms with Crippen LogP contribution in [0.3, 0.4) is 0 Å². The second-order valence-corrected chi connectivity index (χ2v) is 2.36.